The molecule has 1 aliphatic carbocycles. The lowest BCUT2D eigenvalue weighted by Crippen LogP contribution is -2.33. The molecule has 1 aromatic carbocycles. The molecule has 2 fully saturated rings. The van der Waals surface area contributed by atoms with Crippen LogP contribution in [0.3, 0.4) is 0 Å². The van der Waals surface area contributed by atoms with Crippen molar-refractivity contribution in [3.8, 4) is 5.75 Å². The molecular formula is C25H27F3N4O2. The molecule has 3 heterocycles. The molecule has 3 atom stereocenters. The number of likely N-dealkylation sites (tertiary alicyclic amines) is 1. The summed E-state index contributed by atoms with van der Waals surface area (Å²) in [5.41, 5.74) is 2.10. The van der Waals surface area contributed by atoms with Gasteiger partial charge in [0, 0.05) is 48.1 Å². The highest BCUT2D eigenvalue weighted by Crippen LogP contribution is 2.43. The van der Waals surface area contributed by atoms with Gasteiger partial charge in [-0.1, -0.05) is 0 Å². The van der Waals surface area contributed by atoms with Gasteiger partial charge in [-0.2, -0.15) is 13.2 Å². The van der Waals surface area contributed by atoms with E-state index >= 15 is 0 Å². The Hall–Kier alpha value is -3.07. The van der Waals surface area contributed by atoms with Gasteiger partial charge in [0.1, 0.15) is 5.75 Å². The molecular weight excluding hydrogens is 445 g/mol. The van der Waals surface area contributed by atoms with Crippen molar-refractivity contribution in [1.29, 1.82) is 0 Å². The molecule has 6 nitrogen and oxygen atoms in total. The molecule has 180 valence electrons. The molecule has 1 saturated heterocycles. The van der Waals surface area contributed by atoms with Crippen molar-refractivity contribution in [1.82, 2.24) is 14.9 Å². The van der Waals surface area contributed by atoms with Gasteiger partial charge in [-0.3, -0.25) is 14.7 Å². The second-order valence-electron chi connectivity index (χ2n) is 9.40. The van der Waals surface area contributed by atoms with E-state index in [0.717, 1.165) is 35.9 Å². The normalized spacial score (nSPS) is 22.7. The number of H-pyrrole nitrogens is 1. The molecule has 2 aliphatic rings. The lowest BCUT2D eigenvalue weighted by Gasteiger charge is -2.20. The van der Waals surface area contributed by atoms with E-state index in [1.807, 2.05) is 18.2 Å². The van der Waals surface area contributed by atoms with Crippen LogP contribution in [0.25, 0.3) is 10.9 Å². The Balaban J connectivity index is 1.13. The highest BCUT2D eigenvalue weighted by atomic mass is 19.4. The highest BCUT2D eigenvalue weighted by Gasteiger charge is 2.43. The third-order valence-electron chi connectivity index (χ3n) is 6.97. The van der Waals surface area contributed by atoms with Gasteiger partial charge >= 0.3 is 6.18 Å². The fraction of sp³-hybridized carbons (Fsp3) is 0.440. The average Bonchev–Trinajstić information content (AvgIpc) is 3.46. The minimum Gasteiger partial charge on any atom is -0.494 e. The Morgan fingerprint density at radius 3 is 2.59 bits per heavy atom. The molecule has 34 heavy (non-hydrogen) atoms. The quantitative estimate of drug-likeness (QED) is 0.502. The van der Waals surface area contributed by atoms with Crippen LogP contribution in [0.15, 0.2) is 48.9 Å². The van der Waals surface area contributed by atoms with Crippen molar-refractivity contribution < 1.29 is 22.7 Å². The number of carbonyl (C=O) groups excluding carboxylic acids is 1. The van der Waals surface area contributed by atoms with Crippen LogP contribution in [-0.4, -0.2) is 53.2 Å². The zero-order chi connectivity index (χ0) is 23.7. The molecule has 5 rings (SSSR count). The number of alkyl halides is 3. The van der Waals surface area contributed by atoms with Gasteiger partial charge in [0.25, 0.3) is 5.91 Å². The third-order valence-corrected chi connectivity index (χ3v) is 6.97. The minimum atomic E-state index is -4.12. The monoisotopic (exact) mass is 472 g/mol. The number of benzene rings is 1. The molecule has 3 aromatic rings. The second-order valence-corrected chi connectivity index (χ2v) is 9.40. The maximum atomic E-state index is 12.6. The van der Waals surface area contributed by atoms with Crippen molar-refractivity contribution in [2.45, 2.75) is 25.4 Å². The average molecular weight is 473 g/mol. The largest absolute Gasteiger partial charge is 0.494 e. The summed E-state index contributed by atoms with van der Waals surface area (Å²) in [5, 5.41) is 3.78. The Morgan fingerprint density at radius 1 is 1.15 bits per heavy atom. The van der Waals surface area contributed by atoms with Gasteiger partial charge < -0.3 is 15.0 Å². The molecule has 0 spiro atoms. The zero-order valence-corrected chi connectivity index (χ0v) is 18.6. The lowest BCUT2D eigenvalue weighted by atomic mass is 10.0. The van der Waals surface area contributed by atoms with Gasteiger partial charge in [-0.15, -0.1) is 0 Å². The predicted octanol–water partition coefficient (Wildman–Crippen LogP) is 5.10. The summed E-state index contributed by atoms with van der Waals surface area (Å²) >= 11 is 0. The number of amides is 1. The van der Waals surface area contributed by atoms with Crippen LogP contribution in [0.1, 0.15) is 29.6 Å². The van der Waals surface area contributed by atoms with E-state index in [4.69, 9.17) is 4.74 Å². The van der Waals surface area contributed by atoms with E-state index < -0.39 is 12.7 Å². The number of hydrogen-bond acceptors (Lipinski definition) is 4. The van der Waals surface area contributed by atoms with Crippen molar-refractivity contribution >= 4 is 22.5 Å². The summed E-state index contributed by atoms with van der Waals surface area (Å²) in [4.78, 5) is 21.1. The first kappa shape index (κ1) is 22.7. The number of carbonyl (C=O) groups is 1. The number of hydrogen-bond donors (Lipinski definition) is 2. The van der Waals surface area contributed by atoms with Crippen molar-refractivity contribution in [3.63, 3.8) is 0 Å². The number of halogens is 3. The molecule has 1 amide bonds. The number of aromatic nitrogens is 2. The van der Waals surface area contributed by atoms with E-state index in [1.54, 1.807) is 35.6 Å². The van der Waals surface area contributed by atoms with Crippen LogP contribution in [0, 0.1) is 17.8 Å². The van der Waals surface area contributed by atoms with E-state index in [-0.39, 0.29) is 5.91 Å². The number of nitrogens with zero attached hydrogens (tertiary/aromatic N) is 2. The van der Waals surface area contributed by atoms with Crippen LogP contribution in [0.4, 0.5) is 18.9 Å². The fourth-order valence-corrected chi connectivity index (χ4v) is 5.47. The predicted molar refractivity (Wildman–Crippen MR) is 123 cm³/mol. The molecule has 0 unspecified atom stereocenters. The Morgan fingerprint density at radius 2 is 1.88 bits per heavy atom. The number of anilines is 1. The zero-order valence-electron chi connectivity index (χ0n) is 18.6. The molecule has 2 N–H and O–H groups in total. The van der Waals surface area contributed by atoms with E-state index in [1.165, 1.54) is 0 Å². The topological polar surface area (TPSA) is 70.2 Å². The molecule has 2 aromatic heterocycles. The summed E-state index contributed by atoms with van der Waals surface area (Å²) < 4.78 is 43.9. The van der Waals surface area contributed by atoms with Crippen LogP contribution in [0.5, 0.6) is 5.75 Å². The molecule has 1 saturated carbocycles. The third kappa shape index (κ3) is 5.19. The Labute approximate surface area is 195 Å². The first-order valence-corrected chi connectivity index (χ1v) is 11.6. The summed E-state index contributed by atoms with van der Waals surface area (Å²) in [5.74, 6) is 1.75. The number of ether oxygens (including phenoxy) is 1. The van der Waals surface area contributed by atoms with Crippen LogP contribution >= 0.6 is 0 Å². The minimum absolute atomic E-state index is 0.213. The van der Waals surface area contributed by atoms with Gasteiger partial charge in [-0.25, -0.2) is 0 Å². The van der Waals surface area contributed by atoms with E-state index in [2.05, 4.69) is 15.3 Å². The van der Waals surface area contributed by atoms with E-state index in [0.29, 0.717) is 48.7 Å². The van der Waals surface area contributed by atoms with Crippen molar-refractivity contribution in [2.75, 3.05) is 31.6 Å². The smallest absolute Gasteiger partial charge is 0.401 e. The van der Waals surface area contributed by atoms with Crippen molar-refractivity contribution in [3.05, 3.63) is 54.5 Å². The number of aromatic amines is 1. The van der Waals surface area contributed by atoms with Gasteiger partial charge in [0.05, 0.1) is 18.8 Å². The summed E-state index contributed by atoms with van der Waals surface area (Å²) in [6.45, 7) is 0.880. The molecule has 1 aliphatic heterocycles. The molecule has 0 radical (unpaired) electrons. The maximum Gasteiger partial charge on any atom is 0.401 e. The number of pyridine rings is 1. The van der Waals surface area contributed by atoms with Crippen LogP contribution in [0.2, 0.25) is 0 Å². The van der Waals surface area contributed by atoms with Gasteiger partial charge in [0.15, 0.2) is 0 Å². The van der Waals surface area contributed by atoms with E-state index in [9.17, 15) is 18.0 Å². The first-order chi connectivity index (χ1) is 16.3. The Kier molecular flexibility index (Phi) is 6.20. The number of fused-ring (bicyclic) bond motifs is 2. The summed E-state index contributed by atoms with van der Waals surface area (Å²) in [6.07, 6.45) is 3.64. The Bertz CT molecular complexity index is 1130. The lowest BCUT2D eigenvalue weighted by molar-refractivity contribution is -0.144. The highest BCUT2D eigenvalue weighted by molar-refractivity contribution is 6.09. The number of rotatable bonds is 7. The van der Waals surface area contributed by atoms with Gasteiger partial charge in [-0.05, 0) is 67.3 Å². The van der Waals surface area contributed by atoms with Crippen LogP contribution < -0.4 is 10.1 Å². The molecule has 9 heteroatoms. The summed E-state index contributed by atoms with van der Waals surface area (Å²) in [7, 11) is 0. The van der Waals surface area contributed by atoms with Crippen molar-refractivity contribution in [2.24, 2.45) is 17.8 Å². The number of nitrogens with one attached hydrogen (secondary N) is 2. The van der Waals surface area contributed by atoms with Gasteiger partial charge in [0.2, 0.25) is 0 Å². The summed E-state index contributed by atoms with van der Waals surface area (Å²) in [6, 6.07) is 9.04. The standard InChI is InChI=1S/C25H27F3N4O2/c26-25(27,28)15-32-13-18-9-16(10-19(18)14-32)5-8-34-20-1-2-22-21(11-20)23(12-30-22)31-24(33)17-3-6-29-7-4-17/h1-4,6-7,11-12,16,18-19,30H,5,8-10,13-15H2,(H,31,33)/t16-,18-,19+. The SMILES string of the molecule is O=C(Nc1c[nH]c2ccc(OCC[C@@H]3C[C@@H]4CN(CC(F)(F)F)C[C@@H]4C3)cc12)c1ccncc1. The first-order valence-electron chi connectivity index (χ1n) is 11.6. The van der Waals surface area contributed by atoms with Crippen LogP contribution in [-0.2, 0) is 0 Å². The maximum absolute atomic E-state index is 12.6. The fourth-order valence-electron chi connectivity index (χ4n) is 5.47. The second kappa shape index (κ2) is 9.29. The molecule has 0 bridgehead atoms.